The predicted molar refractivity (Wildman–Crippen MR) is 84.1 cm³/mol. The first-order chi connectivity index (χ1) is 9.58. The Hall–Kier alpha value is -1.74. The fourth-order valence-corrected chi connectivity index (χ4v) is 2.83. The first kappa shape index (κ1) is 14.7. The molecule has 0 atom stereocenters. The van der Waals surface area contributed by atoms with Crippen LogP contribution in [0.3, 0.4) is 0 Å². The standard InChI is InChI=1S/C17H18O2S/c1-11-10-15(19-3)12(2)9-14(11)17(18)13-7-5-6-8-16(13)20-4/h5-10H,1-4H3. The molecule has 0 bridgehead atoms. The van der Waals surface area contributed by atoms with Gasteiger partial charge in [0.15, 0.2) is 5.78 Å². The van der Waals surface area contributed by atoms with Crippen molar-refractivity contribution in [1.29, 1.82) is 0 Å². The Labute approximate surface area is 124 Å². The normalized spacial score (nSPS) is 10.4. The first-order valence-corrected chi connectivity index (χ1v) is 7.64. The maximum absolute atomic E-state index is 12.7. The average molecular weight is 286 g/mol. The van der Waals surface area contributed by atoms with Crippen molar-refractivity contribution in [2.75, 3.05) is 13.4 Å². The SMILES string of the molecule is COc1cc(C)c(C(=O)c2ccccc2SC)cc1C. The predicted octanol–water partition coefficient (Wildman–Crippen LogP) is 4.26. The largest absolute Gasteiger partial charge is 0.496 e. The Bertz CT molecular complexity index is 647. The number of ether oxygens (including phenoxy) is 1. The van der Waals surface area contributed by atoms with E-state index in [4.69, 9.17) is 4.74 Å². The van der Waals surface area contributed by atoms with Gasteiger partial charge in [0, 0.05) is 16.0 Å². The zero-order valence-electron chi connectivity index (χ0n) is 12.2. The van der Waals surface area contributed by atoms with Gasteiger partial charge >= 0.3 is 0 Å². The molecule has 2 aromatic rings. The fourth-order valence-electron chi connectivity index (χ4n) is 2.23. The Balaban J connectivity index is 2.51. The van der Waals surface area contributed by atoms with Gasteiger partial charge in [0.25, 0.3) is 0 Å². The molecule has 0 spiro atoms. The number of hydrogen-bond acceptors (Lipinski definition) is 3. The smallest absolute Gasteiger partial charge is 0.194 e. The van der Waals surface area contributed by atoms with Crippen LogP contribution in [0.4, 0.5) is 0 Å². The molecule has 0 unspecified atom stereocenters. The van der Waals surface area contributed by atoms with Crippen molar-refractivity contribution >= 4 is 17.5 Å². The molecule has 104 valence electrons. The van der Waals surface area contributed by atoms with Crippen molar-refractivity contribution in [3.05, 3.63) is 58.7 Å². The molecule has 2 rings (SSSR count). The number of thioether (sulfide) groups is 1. The molecule has 0 amide bonds. The number of hydrogen-bond donors (Lipinski definition) is 0. The third-order valence-electron chi connectivity index (χ3n) is 3.34. The Kier molecular flexibility index (Phi) is 4.50. The summed E-state index contributed by atoms with van der Waals surface area (Å²) in [5.41, 5.74) is 3.41. The molecule has 0 aromatic heterocycles. The summed E-state index contributed by atoms with van der Waals surface area (Å²) < 4.78 is 5.30. The van der Waals surface area contributed by atoms with Crippen molar-refractivity contribution in [1.82, 2.24) is 0 Å². The number of methoxy groups -OCH3 is 1. The van der Waals surface area contributed by atoms with Crippen LogP contribution >= 0.6 is 11.8 Å². The van der Waals surface area contributed by atoms with Crippen LogP contribution in [-0.4, -0.2) is 19.1 Å². The van der Waals surface area contributed by atoms with E-state index in [2.05, 4.69) is 0 Å². The molecule has 0 N–H and O–H groups in total. The minimum absolute atomic E-state index is 0.0678. The fraction of sp³-hybridized carbons (Fsp3) is 0.235. The topological polar surface area (TPSA) is 26.3 Å². The van der Waals surface area contributed by atoms with Gasteiger partial charge in [0.1, 0.15) is 5.75 Å². The van der Waals surface area contributed by atoms with E-state index in [0.29, 0.717) is 0 Å². The molecule has 0 fully saturated rings. The highest BCUT2D eigenvalue weighted by Crippen LogP contribution is 2.27. The van der Waals surface area contributed by atoms with Crippen molar-refractivity contribution < 1.29 is 9.53 Å². The molecule has 3 heteroatoms. The van der Waals surface area contributed by atoms with Crippen LogP contribution in [0.15, 0.2) is 41.3 Å². The van der Waals surface area contributed by atoms with E-state index >= 15 is 0 Å². The molecule has 20 heavy (non-hydrogen) atoms. The Morgan fingerprint density at radius 1 is 1.05 bits per heavy atom. The summed E-state index contributed by atoms with van der Waals surface area (Å²) in [5.74, 6) is 0.885. The minimum Gasteiger partial charge on any atom is -0.496 e. The highest BCUT2D eigenvalue weighted by molar-refractivity contribution is 7.98. The lowest BCUT2D eigenvalue weighted by Crippen LogP contribution is -2.06. The maximum Gasteiger partial charge on any atom is 0.194 e. The van der Waals surface area contributed by atoms with Crippen LogP contribution in [0.5, 0.6) is 5.75 Å². The van der Waals surface area contributed by atoms with E-state index in [0.717, 1.165) is 32.9 Å². The van der Waals surface area contributed by atoms with Gasteiger partial charge in [0.05, 0.1) is 7.11 Å². The van der Waals surface area contributed by atoms with E-state index in [9.17, 15) is 4.79 Å². The van der Waals surface area contributed by atoms with E-state index in [-0.39, 0.29) is 5.78 Å². The molecule has 0 heterocycles. The number of carbonyl (C=O) groups is 1. The molecule has 0 aliphatic heterocycles. The Morgan fingerprint density at radius 3 is 2.40 bits per heavy atom. The van der Waals surface area contributed by atoms with Crippen LogP contribution < -0.4 is 4.74 Å². The van der Waals surface area contributed by atoms with Crippen molar-refractivity contribution in [2.24, 2.45) is 0 Å². The second kappa shape index (κ2) is 6.14. The third kappa shape index (κ3) is 2.73. The first-order valence-electron chi connectivity index (χ1n) is 6.41. The molecule has 0 aliphatic carbocycles. The van der Waals surface area contributed by atoms with Gasteiger partial charge in [-0.15, -0.1) is 11.8 Å². The molecule has 2 aromatic carbocycles. The molecule has 0 saturated carbocycles. The number of carbonyl (C=O) groups excluding carboxylic acids is 1. The number of rotatable bonds is 4. The van der Waals surface area contributed by atoms with Gasteiger partial charge in [-0.1, -0.05) is 12.1 Å². The van der Waals surface area contributed by atoms with Crippen LogP contribution in [-0.2, 0) is 0 Å². The van der Waals surface area contributed by atoms with Gasteiger partial charge in [0.2, 0.25) is 0 Å². The summed E-state index contributed by atoms with van der Waals surface area (Å²) in [6, 6.07) is 11.5. The molecule has 0 aliphatic rings. The van der Waals surface area contributed by atoms with Crippen LogP contribution in [0.2, 0.25) is 0 Å². The highest BCUT2D eigenvalue weighted by Gasteiger charge is 2.16. The summed E-state index contributed by atoms with van der Waals surface area (Å²) in [6.45, 7) is 3.90. The lowest BCUT2D eigenvalue weighted by molar-refractivity contribution is 0.103. The summed E-state index contributed by atoms with van der Waals surface area (Å²) in [6.07, 6.45) is 1.98. The van der Waals surface area contributed by atoms with Gasteiger partial charge in [-0.3, -0.25) is 4.79 Å². The van der Waals surface area contributed by atoms with E-state index in [1.54, 1.807) is 18.9 Å². The molecular weight excluding hydrogens is 268 g/mol. The van der Waals surface area contributed by atoms with E-state index in [1.807, 2.05) is 56.5 Å². The second-order valence-electron chi connectivity index (χ2n) is 4.67. The summed E-state index contributed by atoms with van der Waals surface area (Å²) >= 11 is 1.59. The number of aryl methyl sites for hydroxylation is 2. The molecular formula is C17H18O2S. The van der Waals surface area contributed by atoms with Gasteiger partial charge in [-0.25, -0.2) is 0 Å². The van der Waals surface area contributed by atoms with Crippen LogP contribution in [0, 0.1) is 13.8 Å². The van der Waals surface area contributed by atoms with Crippen molar-refractivity contribution in [3.63, 3.8) is 0 Å². The minimum atomic E-state index is 0.0678. The lowest BCUT2D eigenvalue weighted by Gasteiger charge is -2.12. The highest BCUT2D eigenvalue weighted by atomic mass is 32.2. The molecule has 0 saturated heterocycles. The van der Waals surface area contributed by atoms with Crippen molar-refractivity contribution in [2.45, 2.75) is 18.7 Å². The van der Waals surface area contributed by atoms with Gasteiger partial charge in [-0.2, -0.15) is 0 Å². The number of benzene rings is 2. The zero-order valence-corrected chi connectivity index (χ0v) is 13.0. The lowest BCUT2D eigenvalue weighted by atomic mass is 9.96. The van der Waals surface area contributed by atoms with Crippen LogP contribution in [0.1, 0.15) is 27.0 Å². The zero-order chi connectivity index (χ0) is 14.7. The van der Waals surface area contributed by atoms with Crippen molar-refractivity contribution in [3.8, 4) is 5.75 Å². The quantitative estimate of drug-likeness (QED) is 0.620. The number of ketones is 1. The van der Waals surface area contributed by atoms with E-state index < -0.39 is 0 Å². The van der Waals surface area contributed by atoms with Gasteiger partial charge < -0.3 is 4.74 Å². The monoisotopic (exact) mass is 286 g/mol. The third-order valence-corrected chi connectivity index (χ3v) is 4.13. The molecule has 2 nitrogen and oxygen atoms in total. The maximum atomic E-state index is 12.7. The van der Waals surface area contributed by atoms with Crippen LogP contribution in [0.25, 0.3) is 0 Å². The second-order valence-corrected chi connectivity index (χ2v) is 5.51. The summed E-state index contributed by atoms with van der Waals surface area (Å²) in [4.78, 5) is 13.7. The van der Waals surface area contributed by atoms with Gasteiger partial charge in [-0.05, 0) is 55.5 Å². The molecule has 0 radical (unpaired) electrons. The average Bonchev–Trinajstić information content (AvgIpc) is 2.48. The Morgan fingerprint density at radius 2 is 1.75 bits per heavy atom. The van der Waals surface area contributed by atoms with E-state index in [1.165, 1.54) is 0 Å². The summed E-state index contributed by atoms with van der Waals surface area (Å²) in [7, 11) is 1.65. The summed E-state index contributed by atoms with van der Waals surface area (Å²) in [5, 5.41) is 0.